The Morgan fingerprint density at radius 3 is 2.26 bits per heavy atom. The highest BCUT2D eigenvalue weighted by atomic mass is 19.4. The van der Waals surface area contributed by atoms with Crippen LogP contribution in [0.5, 0.6) is 11.5 Å². The Morgan fingerprint density at radius 2 is 1.67 bits per heavy atom. The first-order valence-electron chi connectivity index (χ1n) is 7.87. The van der Waals surface area contributed by atoms with Gasteiger partial charge < -0.3 is 13.9 Å². The van der Waals surface area contributed by atoms with E-state index in [-0.39, 0.29) is 22.2 Å². The zero-order valence-electron chi connectivity index (χ0n) is 14.5. The minimum absolute atomic E-state index is 0.253. The first-order chi connectivity index (χ1) is 12.8. The van der Waals surface area contributed by atoms with Gasteiger partial charge in [0, 0.05) is 18.2 Å². The lowest BCUT2D eigenvalue weighted by molar-refractivity contribution is -0.137. The van der Waals surface area contributed by atoms with Gasteiger partial charge in [-0.25, -0.2) is 0 Å². The van der Waals surface area contributed by atoms with Crippen LogP contribution in [-0.4, -0.2) is 14.2 Å². The largest absolute Gasteiger partial charge is 0.496 e. The maximum absolute atomic E-state index is 12.6. The van der Waals surface area contributed by atoms with Crippen LogP contribution in [-0.2, 0) is 6.18 Å². The summed E-state index contributed by atoms with van der Waals surface area (Å²) in [5.74, 6) is 1.05. The highest BCUT2D eigenvalue weighted by Crippen LogP contribution is 2.30. The summed E-state index contributed by atoms with van der Waals surface area (Å²) in [4.78, 5) is 12.4. The molecule has 0 saturated carbocycles. The Kier molecular flexibility index (Phi) is 4.94. The van der Waals surface area contributed by atoms with E-state index in [1.807, 2.05) is 0 Å². The summed E-state index contributed by atoms with van der Waals surface area (Å²) in [6.07, 6.45) is -1.32. The lowest BCUT2D eigenvalue weighted by Gasteiger charge is -2.08. The van der Waals surface area contributed by atoms with Gasteiger partial charge in [0.1, 0.15) is 28.2 Å². The van der Waals surface area contributed by atoms with Gasteiger partial charge in [-0.05, 0) is 23.8 Å². The van der Waals surface area contributed by atoms with E-state index in [1.54, 1.807) is 18.2 Å². The zero-order chi connectivity index (χ0) is 19.6. The van der Waals surface area contributed by atoms with Gasteiger partial charge in [0.2, 0.25) is 0 Å². The third-order valence-corrected chi connectivity index (χ3v) is 3.92. The minimum Gasteiger partial charge on any atom is -0.496 e. The first-order valence-corrected chi connectivity index (χ1v) is 7.87. The van der Waals surface area contributed by atoms with E-state index in [9.17, 15) is 18.0 Å². The van der Waals surface area contributed by atoms with Crippen LogP contribution >= 0.6 is 0 Å². The number of fused-ring (bicyclic) bond motifs is 1. The van der Waals surface area contributed by atoms with Crippen molar-refractivity contribution >= 4 is 23.1 Å². The molecule has 0 amide bonds. The van der Waals surface area contributed by atoms with Crippen molar-refractivity contribution in [3.63, 3.8) is 0 Å². The fourth-order valence-corrected chi connectivity index (χ4v) is 2.57. The maximum Gasteiger partial charge on any atom is 0.416 e. The fraction of sp³-hybridized carbons (Fsp3) is 0.150. The van der Waals surface area contributed by atoms with Crippen LogP contribution in [0.15, 0.2) is 51.7 Å². The number of alkyl halides is 3. The molecule has 0 aliphatic heterocycles. The molecule has 3 rings (SSSR count). The molecule has 3 aromatic rings. The quantitative estimate of drug-likeness (QED) is 0.643. The van der Waals surface area contributed by atoms with Crippen LogP contribution in [0, 0.1) is 0 Å². The number of methoxy groups -OCH3 is 2. The maximum atomic E-state index is 12.6. The van der Waals surface area contributed by atoms with Crippen molar-refractivity contribution in [2.45, 2.75) is 6.18 Å². The monoisotopic (exact) mass is 376 g/mol. The summed E-state index contributed by atoms with van der Waals surface area (Å²) in [5.41, 5.74) is -0.210. The Labute approximate surface area is 152 Å². The lowest BCUT2D eigenvalue weighted by Crippen LogP contribution is -2.04. The molecule has 4 nitrogen and oxygen atoms in total. The van der Waals surface area contributed by atoms with Crippen LogP contribution in [0.2, 0.25) is 0 Å². The van der Waals surface area contributed by atoms with Gasteiger partial charge in [0.05, 0.1) is 19.8 Å². The molecule has 27 heavy (non-hydrogen) atoms. The molecule has 7 heteroatoms. The molecule has 0 aliphatic carbocycles. The Bertz CT molecular complexity index is 1050. The van der Waals surface area contributed by atoms with Gasteiger partial charge in [-0.3, -0.25) is 4.79 Å². The molecule has 0 atom stereocenters. The Morgan fingerprint density at radius 1 is 0.963 bits per heavy atom. The summed E-state index contributed by atoms with van der Waals surface area (Å²) in [6.45, 7) is 0. The third-order valence-electron chi connectivity index (χ3n) is 3.92. The van der Waals surface area contributed by atoms with Crippen molar-refractivity contribution in [1.29, 1.82) is 0 Å². The van der Waals surface area contributed by atoms with E-state index < -0.39 is 11.7 Å². The Balaban J connectivity index is 1.97. The van der Waals surface area contributed by atoms with Crippen LogP contribution in [0.3, 0.4) is 0 Å². The number of rotatable bonds is 4. The number of ether oxygens (including phenoxy) is 2. The van der Waals surface area contributed by atoms with Gasteiger partial charge in [-0.1, -0.05) is 18.2 Å². The molecule has 0 unspecified atom stereocenters. The van der Waals surface area contributed by atoms with Crippen LogP contribution in [0.25, 0.3) is 23.1 Å². The zero-order valence-corrected chi connectivity index (χ0v) is 14.5. The summed E-state index contributed by atoms with van der Waals surface area (Å²) in [5, 5.41) is 0.282. The van der Waals surface area contributed by atoms with Crippen molar-refractivity contribution in [2.24, 2.45) is 0 Å². The summed E-state index contributed by atoms with van der Waals surface area (Å²) in [7, 11) is 2.92. The predicted octanol–water partition coefficient (Wildman–Crippen LogP) is 5.00. The van der Waals surface area contributed by atoms with Gasteiger partial charge in [0.15, 0.2) is 5.43 Å². The number of hydrogen-bond donors (Lipinski definition) is 0. The fourth-order valence-electron chi connectivity index (χ4n) is 2.57. The van der Waals surface area contributed by atoms with Gasteiger partial charge >= 0.3 is 6.18 Å². The van der Waals surface area contributed by atoms with E-state index in [4.69, 9.17) is 13.9 Å². The topological polar surface area (TPSA) is 48.7 Å². The predicted molar refractivity (Wildman–Crippen MR) is 96.0 cm³/mol. The smallest absolute Gasteiger partial charge is 0.416 e. The number of halogens is 3. The average molecular weight is 376 g/mol. The van der Waals surface area contributed by atoms with Crippen molar-refractivity contribution < 1.29 is 27.1 Å². The van der Waals surface area contributed by atoms with Crippen molar-refractivity contribution in [1.82, 2.24) is 0 Å². The SMILES string of the molecule is COc1cc(OC)c2c(=O)cc(/C=C/c3ccc(C(F)(F)F)cc3)oc2c1. The van der Waals surface area contributed by atoms with Crippen LogP contribution < -0.4 is 14.9 Å². The Hall–Kier alpha value is -3.22. The first kappa shape index (κ1) is 18.6. The summed E-state index contributed by atoms with van der Waals surface area (Å²) >= 11 is 0. The molecule has 0 fully saturated rings. The molecule has 1 heterocycles. The molecule has 0 saturated heterocycles. The van der Waals surface area contributed by atoms with Crippen molar-refractivity contribution in [3.05, 3.63) is 69.6 Å². The molecule has 0 radical (unpaired) electrons. The van der Waals surface area contributed by atoms with E-state index in [0.29, 0.717) is 17.1 Å². The second kappa shape index (κ2) is 7.19. The molecule has 0 spiro atoms. The standard InChI is InChI=1S/C20H15F3O4/c1-25-15-10-17(26-2)19-16(24)9-14(27-18(19)11-15)8-5-12-3-6-13(7-4-12)20(21,22)23/h3-11H,1-2H3/b8-5+. The number of hydrogen-bond acceptors (Lipinski definition) is 4. The lowest BCUT2D eigenvalue weighted by atomic mass is 10.1. The molecular formula is C20H15F3O4. The second-order valence-electron chi connectivity index (χ2n) is 5.67. The van der Waals surface area contributed by atoms with E-state index in [0.717, 1.165) is 12.1 Å². The number of benzene rings is 2. The van der Waals surface area contributed by atoms with Gasteiger partial charge in [0.25, 0.3) is 0 Å². The van der Waals surface area contributed by atoms with E-state index >= 15 is 0 Å². The molecule has 0 aliphatic rings. The normalized spacial score (nSPS) is 11.9. The van der Waals surface area contributed by atoms with Gasteiger partial charge in [-0.2, -0.15) is 13.2 Å². The summed E-state index contributed by atoms with van der Waals surface area (Å²) < 4.78 is 53.9. The van der Waals surface area contributed by atoms with Crippen LogP contribution in [0.4, 0.5) is 13.2 Å². The van der Waals surface area contributed by atoms with Crippen molar-refractivity contribution in [3.8, 4) is 11.5 Å². The molecule has 2 aromatic carbocycles. The molecular weight excluding hydrogens is 361 g/mol. The van der Waals surface area contributed by atoms with Crippen LogP contribution in [0.1, 0.15) is 16.9 Å². The van der Waals surface area contributed by atoms with E-state index in [1.165, 1.54) is 38.5 Å². The third kappa shape index (κ3) is 3.97. The molecule has 140 valence electrons. The van der Waals surface area contributed by atoms with E-state index in [2.05, 4.69) is 0 Å². The molecule has 0 bridgehead atoms. The highest BCUT2D eigenvalue weighted by Gasteiger charge is 2.29. The minimum atomic E-state index is -4.38. The molecule has 0 N–H and O–H groups in total. The van der Waals surface area contributed by atoms with Crippen molar-refractivity contribution in [2.75, 3.05) is 14.2 Å². The van der Waals surface area contributed by atoms with Gasteiger partial charge in [-0.15, -0.1) is 0 Å². The summed E-state index contributed by atoms with van der Waals surface area (Å²) in [6, 6.07) is 9.09. The molecule has 1 aromatic heterocycles. The highest BCUT2D eigenvalue weighted by molar-refractivity contribution is 5.86. The average Bonchev–Trinajstić information content (AvgIpc) is 2.64. The second-order valence-corrected chi connectivity index (χ2v) is 5.67.